The van der Waals surface area contributed by atoms with Crippen molar-refractivity contribution in [1.29, 1.82) is 5.26 Å². The number of nitrogens with zero attached hydrogens (tertiary/aromatic N) is 2. The van der Waals surface area contributed by atoms with E-state index in [4.69, 9.17) is 5.26 Å². The van der Waals surface area contributed by atoms with Gasteiger partial charge in [0.2, 0.25) is 11.8 Å². The van der Waals surface area contributed by atoms with Crippen LogP contribution in [0.4, 0.5) is 0 Å². The van der Waals surface area contributed by atoms with Gasteiger partial charge in [-0.15, -0.1) is 0 Å². The van der Waals surface area contributed by atoms with Gasteiger partial charge in [-0.3, -0.25) is 9.59 Å². The summed E-state index contributed by atoms with van der Waals surface area (Å²) in [6.45, 7) is 4.03. The predicted molar refractivity (Wildman–Crippen MR) is 132 cm³/mol. The Morgan fingerprint density at radius 2 is 1.74 bits per heavy atom. The smallest absolute Gasteiger partial charge is 0.277 e. The van der Waals surface area contributed by atoms with Crippen molar-refractivity contribution in [2.75, 3.05) is 6.54 Å². The molecule has 35 heavy (non-hydrogen) atoms. The van der Waals surface area contributed by atoms with Gasteiger partial charge in [-0.05, 0) is 56.4 Å². The SMILES string of the molecule is CC(C)NS(=O)(=O)N[C@H](Cc1ccccc1)C(=O)N1CCC[C@H]1C(=O)NCc1ccc(C#N)cc1. The van der Waals surface area contributed by atoms with Gasteiger partial charge in [0.05, 0.1) is 11.6 Å². The van der Waals surface area contributed by atoms with E-state index in [0.717, 1.165) is 11.1 Å². The zero-order valence-electron chi connectivity index (χ0n) is 19.9. The Labute approximate surface area is 206 Å². The van der Waals surface area contributed by atoms with Crippen molar-refractivity contribution >= 4 is 22.0 Å². The topological polar surface area (TPSA) is 131 Å². The summed E-state index contributed by atoms with van der Waals surface area (Å²) < 4.78 is 30.1. The first kappa shape index (κ1) is 26.3. The third-order valence-corrected chi connectivity index (χ3v) is 7.03. The molecule has 1 heterocycles. The molecule has 2 atom stereocenters. The molecule has 3 N–H and O–H groups in total. The summed E-state index contributed by atoms with van der Waals surface area (Å²) >= 11 is 0. The Morgan fingerprint density at radius 1 is 1.06 bits per heavy atom. The molecule has 1 fully saturated rings. The summed E-state index contributed by atoms with van der Waals surface area (Å²) in [6, 6.07) is 16.0. The van der Waals surface area contributed by atoms with Gasteiger partial charge in [0, 0.05) is 19.1 Å². The Kier molecular flexibility index (Phi) is 8.98. The minimum Gasteiger partial charge on any atom is -0.350 e. The lowest BCUT2D eigenvalue weighted by Crippen LogP contribution is -2.56. The molecular weight excluding hydrogens is 466 g/mol. The van der Waals surface area contributed by atoms with Crippen LogP contribution in [0, 0.1) is 11.3 Å². The highest BCUT2D eigenvalue weighted by molar-refractivity contribution is 7.87. The third-order valence-electron chi connectivity index (χ3n) is 5.66. The highest BCUT2D eigenvalue weighted by Crippen LogP contribution is 2.20. The third kappa shape index (κ3) is 7.62. The van der Waals surface area contributed by atoms with Gasteiger partial charge in [-0.1, -0.05) is 42.5 Å². The lowest BCUT2D eigenvalue weighted by molar-refractivity contribution is -0.139. The summed E-state index contributed by atoms with van der Waals surface area (Å²) in [7, 11) is -3.94. The van der Waals surface area contributed by atoms with Gasteiger partial charge in [0.15, 0.2) is 0 Å². The van der Waals surface area contributed by atoms with Crippen LogP contribution in [0.5, 0.6) is 0 Å². The number of nitrogens with one attached hydrogen (secondary N) is 3. The van der Waals surface area contributed by atoms with Crippen molar-refractivity contribution in [3.63, 3.8) is 0 Å². The van der Waals surface area contributed by atoms with Crippen molar-refractivity contribution < 1.29 is 18.0 Å². The Hall–Kier alpha value is -3.26. The first-order valence-corrected chi connectivity index (χ1v) is 13.1. The maximum absolute atomic E-state index is 13.5. The number of likely N-dealkylation sites (tertiary alicyclic amines) is 1. The van der Waals surface area contributed by atoms with E-state index >= 15 is 0 Å². The fourth-order valence-electron chi connectivity index (χ4n) is 4.07. The van der Waals surface area contributed by atoms with Crippen molar-refractivity contribution in [1.82, 2.24) is 19.7 Å². The molecule has 1 aliphatic rings. The van der Waals surface area contributed by atoms with Crippen molar-refractivity contribution in [3.05, 3.63) is 71.3 Å². The van der Waals surface area contributed by atoms with E-state index in [0.29, 0.717) is 24.9 Å². The molecule has 9 nitrogen and oxygen atoms in total. The molecule has 0 radical (unpaired) electrons. The van der Waals surface area contributed by atoms with E-state index in [2.05, 4.69) is 20.8 Å². The molecular formula is C25H31N5O4S. The van der Waals surface area contributed by atoms with Crippen LogP contribution in [0.25, 0.3) is 0 Å². The first-order valence-electron chi connectivity index (χ1n) is 11.6. The molecule has 2 aromatic rings. The van der Waals surface area contributed by atoms with E-state index in [9.17, 15) is 18.0 Å². The molecule has 0 saturated carbocycles. The lowest BCUT2D eigenvalue weighted by atomic mass is 10.0. The number of nitriles is 1. The Morgan fingerprint density at radius 3 is 2.37 bits per heavy atom. The Bertz CT molecular complexity index is 1160. The van der Waals surface area contributed by atoms with E-state index in [1.165, 1.54) is 4.90 Å². The van der Waals surface area contributed by atoms with Gasteiger partial charge < -0.3 is 10.2 Å². The van der Waals surface area contributed by atoms with Crippen LogP contribution >= 0.6 is 0 Å². The number of amides is 2. The second-order valence-electron chi connectivity index (χ2n) is 8.85. The first-order chi connectivity index (χ1) is 16.7. The van der Waals surface area contributed by atoms with Crippen LogP contribution < -0.4 is 14.8 Å². The normalized spacial score (nSPS) is 16.6. The molecule has 3 rings (SSSR count). The van der Waals surface area contributed by atoms with Crippen molar-refractivity contribution in [2.24, 2.45) is 0 Å². The molecule has 0 unspecified atom stereocenters. The zero-order valence-corrected chi connectivity index (χ0v) is 20.7. The predicted octanol–water partition coefficient (Wildman–Crippen LogP) is 1.61. The number of carbonyl (C=O) groups excluding carboxylic acids is 2. The maximum Gasteiger partial charge on any atom is 0.277 e. The number of hydrogen-bond donors (Lipinski definition) is 3. The molecule has 2 aromatic carbocycles. The summed E-state index contributed by atoms with van der Waals surface area (Å²) in [5.41, 5.74) is 2.17. The van der Waals surface area contributed by atoms with Crippen LogP contribution in [0.1, 0.15) is 43.4 Å². The average Bonchev–Trinajstić information content (AvgIpc) is 3.32. The summed E-state index contributed by atoms with van der Waals surface area (Å²) in [6.07, 6.45) is 1.31. The van der Waals surface area contributed by atoms with Crippen LogP contribution in [0.2, 0.25) is 0 Å². The van der Waals surface area contributed by atoms with Crippen molar-refractivity contribution in [3.8, 4) is 6.07 Å². The number of carbonyl (C=O) groups is 2. The minimum absolute atomic E-state index is 0.161. The van der Waals surface area contributed by atoms with Gasteiger partial charge in [-0.25, -0.2) is 0 Å². The van der Waals surface area contributed by atoms with E-state index in [-0.39, 0.29) is 24.9 Å². The minimum atomic E-state index is -3.94. The van der Waals surface area contributed by atoms with Gasteiger partial charge in [0.25, 0.3) is 10.2 Å². The second kappa shape index (κ2) is 11.9. The molecule has 0 bridgehead atoms. The van der Waals surface area contributed by atoms with E-state index in [1.807, 2.05) is 30.3 Å². The van der Waals surface area contributed by atoms with E-state index in [1.54, 1.807) is 38.1 Å². The Balaban J connectivity index is 1.73. The average molecular weight is 498 g/mol. The molecule has 0 aromatic heterocycles. The van der Waals surface area contributed by atoms with Gasteiger partial charge >= 0.3 is 0 Å². The zero-order chi connectivity index (χ0) is 25.4. The van der Waals surface area contributed by atoms with Crippen molar-refractivity contribution in [2.45, 2.75) is 57.8 Å². The van der Waals surface area contributed by atoms with Crippen LogP contribution in [-0.4, -0.2) is 49.8 Å². The quantitative estimate of drug-likeness (QED) is 0.459. The largest absolute Gasteiger partial charge is 0.350 e. The number of rotatable bonds is 10. The molecule has 186 valence electrons. The highest BCUT2D eigenvalue weighted by atomic mass is 32.2. The number of benzene rings is 2. The molecule has 0 aliphatic carbocycles. The summed E-state index contributed by atoms with van der Waals surface area (Å²) in [4.78, 5) is 28.0. The summed E-state index contributed by atoms with van der Waals surface area (Å²) in [5.74, 6) is -0.721. The van der Waals surface area contributed by atoms with Crippen LogP contribution in [0.3, 0.4) is 0 Å². The van der Waals surface area contributed by atoms with Crippen LogP contribution in [-0.2, 0) is 32.8 Å². The monoisotopic (exact) mass is 497 g/mol. The molecule has 2 amide bonds. The van der Waals surface area contributed by atoms with Gasteiger partial charge in [-0.2, -0.15) is 23.1 Å². The standard InChI is InChI=1S/C25H31N5O4S/c1-18(2)28-35(33,34)29-22(15-19-7-4-3-5-8-19)25(32)30-14-6-9-23(30)24(31)27-17-21-12-10-20(16-26)11-13-21/h3-5,7-8,10-13,18,22-23,28-29H,6,9,14-15,17H2,1-2H3,(H,27,31)/t22-,23+/m1/s1. The number of hydrogen-bond acceptors (Lipinski definition) is 5. The molecule has 10 heteroatoms. The second-order valence-corrected chi connectivity index (χ2v) is 10.3. The molecule has 1 saturated heterocycles. The fraction of sp³-hybridized carbons (Fsp3) is 0.400. The highest BCUT2D eigenvalue weighted by Gasteiger charge is 2.38. The maximum atomic E-state index is 13.5. The molecule has 1 aliphatic heterocycles. The lowest BCUT2D eigenvalue weighted by Gasteiger charge is -2.29. The van der Waals surface area contributed by atoms with Gasteiger partial charge in [0.1, 0.15) is 12.1 Å². The molecule has 0 spiro atoms. The summed E-state index contributed by atoms with van der Waals surface area (Å²) in [5, 5.41) is 11.8. The van der Waals surface area contributed by atoms with Crippen LogP contribution in [0.15, 0.2) is 54.6 Å². The van der Waals surface area contributed by atoms with E-state index < -0.39 is 28.2 Å². The fourth-order valence-corrected chi connectivity index (χ4v) is 5.32.